The summed E-state index contributed by atoms with van der Waals surface area (Å²) in [5.41, 5.74) is 0. The predicted molar refractivity (Wildman–Crippen MR) is 67.6 cm³/mol. The molecule has 1 rings (SSSR count). The van der Waals surface area contributed by atoms with E-state index in [0.29, 0.717) is 11.8 Å². The molecule has 1 heterocycles. The van der Waals surface area contributed by atoms with Crippen LogP contribution in [-0.2, 0) is 4.79 Å². The van der Waals surface area contributed by atoms with Gasteiger partial charge in [0.25, 0.3) is 0 Å². The predicted octanol–water partition coefficient (Wildman–Crippen LogP) is 1.63. The first-order valence-corrected chi connectivity index (χ1v) is 6.46. The molecule has 1 aliphatic rings. The number of carbonyl (C=O) groups is 1. The lowest BCUT2D eigenvalue weighted by atomic mass is 9.94. The molecule has 2 unspecified atom stereocenters. The van der Waals surface area contributed by atoms with E-state index in [1.165, 1.54) is 0 Å². The van der Waals surface area contributed by atoms with Crippen LogP contribution in [0.3, 0.4) is 0 Å². The molecule has 0 aromatic heterocycles. The third kappa shape index (κ3) is 3.87. The molecule has 0 spiro atoms. The highest BCUT2D eigenvalue weighted by molar-refractivity contribution is 5.81. The van der Waals surface area contributed by atoms with Gasteiger partial charge in [-0.15, -0.1) is 0 Å². The van der Waals surface area contributed by atoms with Gasteiger partial charge in [-0.25, -0.2) is 0 Å². The largest absolute Gasteiger partial charge is 0.304 e. The van der Waals surface area contributed by atoms with E-state index in [9.17, 15) is 4.79 Å². The summed E-state index contributed by atoms with van der Waals surface area (Å²) in [6.45, 7) is 7.44. The smallest absolute Gasteiger partial charge is 0.137 e. The molecular formula is C13H26N2O. The topological polar surface area (TPSA) is 23.6 Å². The van der Waals surface area contributed by atoms with E-state index in [0.717, 1.165) is 38.9 Å². The van der Waals surface area contributed by atoms with Crippen LogP contribution in [0.5, 0.6) is 0 Å². The molecule has 1 fully saturated rings. The first-order valence-electron chi connectivity index (χ1n) is 6.46. The summed E-state index contributed by atoms with van der Waals surface area (Å²) in [4.78, 5) is 16.7. The Morgan fingerprint density at radius 3 is 2.69 bits per heavy atom. The Bertz CT molecular complexity index is 230. The molecule has 0 aromatic rings. The molecule has 0 aliphatic carbocycles. The van der Waals surface area contributed by atoms with Gasteiger partial charge in [0.2, 0.25) is 0 Å². The summed E-state index contributed by atoms with van der Waals surface area (Å²) >= 11 is 0. The van der Waals surface area contributed by atoms with Gasteiger partial charge >= 0.3 is 0 Å². The summed E-state index contributed by atoms with van der Waals surface area (Å²) in [6, 6.07) is 0.422. The Kier molecular flexibility index (Phi) is 5.42. The standard InChI is InChI=1S/C13H26N2O/c1-5-6-11(2)13(16)9-12-10-14(3)7-8-15(12)4/h11-12H,5-10H2,1-4H3. The van der Waals surface area contributed by atoms with Gasteiger partial charge < -0.3 is 9.80 Å². The maximum Gasteiger partial charge on any atom is 0.137 e. The normalized spacial score (nSPS) is 25.6. The molecule has 1 aliphatic heterocycles. The SMILES string of the molecule is CCCC(C)C(=O)CC1CN(C)CCN1C. The fourth-order valence-corrected chi connectivity index (χ4v) is 2.35. The molecule has 94 valence electrons. The molecular weight excluding hydrogens is 200 g/mol. The highest BCUT2D eigenvalue weighted by Crippen LogP contribution is 2.15. The van der Waals surface area contributed by atoms with Crippen LogP contribution in [0.15, 0.2) is 0 Å². The second-order valence-electron chi connectivity index (χ2n) is 5.26. The zero-order valence-electron chi connectivity index (χ0n) is 11.2. The van der Waals surface area contributed by atoms with Crippen LogP contribution in [0, 0.1) is 5.92 Å². The Morgan fingerprint density at radius 2 is 2.06 bits per heavy atom. The highest BCUT2D eigenvalue weighted by Gasteiger charge is 2.25. The van der Waals surface area contributed by atoms with Gasteiger partial charge in [-0.2, -0.15) is 0 Å². The number of nitrogens with zero attached hydrogens (tertiary/aromatic N) is 2. The maximum absolute atomic E-state index is 12.0. The van der Waals surface area contributed by atoms with Crippen molar-refractivity contribution in [2.45, 2.75) is 39.2 Å². The van der Waals surface area contributed by atoms with Crippen molar-refractivity contribution in [2.24, 2.45) is 5.92 Å². The van der Waals surface area contributed by atoms with Crippen molar-refractivity contribution >= 4 is 5.78 Å². The van der Waals surface area contributed by atoms with Gasteiger partial charge in [0.1, 0.15) is 5.78 Å². The minimum atomic E-state index is 0.241. The van der Waals surface area contributed by atoms with Crippen molar-refractivity contribution < 1.29 is 4.79 Å². The second kappa shape index (κ2) is 6.36. The van der Waals surface area contributed by atoms with Crippen LogP contribution in [0.4, 0.5) is 0 Å². The molecule has 16 heavy (non-hydrogen) atoms. The van der Waals surface area contributed by atoms with Crippen molar-refractivity contribution in [3.63, 3.8) is 0 Å². The van der Waals surface area contributed by atoms with E-state index in [2.05, 4.69) is 37.7 Å². The zero-order chi connectivity index (χ0) is 12.1. The number of Topliss-reactive ketones (excluding diaryl/α,β-unsaturated/α-hetero) is 1. The van der Waals surface area contributed by atoms with Gasteiger partial charge in [0.15, 0.2) is 0 Å². The monoisotopic (exact) mass is 226 g/mol. The second-order valence-corrected chi connectivity index (χ2v) is 5.26. The average Bonchev–Trinajstić information content (AvgIpc) is 2.23. The van der Waals surface area contributed by atoms with Crippen LogP contribution in [-0.4, -0.2) is 55.4 Å². The number of hydrogen-bond acceptors (Lipinski definition) is 3. The van der Waals surface area contributed by atoms with E-state index in [1.807, 2.05) is 0 Å². The first kappa shape index (κ1) is 13.7. The minimum Gasteiger partial charge on any atom is -0.304 e. The molecule has 0 N–H and O–H groups in total. The number of likely N-dealkylation sites (N-methyl/N-ethyl adjacent to an activating group) is 2. The summed E-state index contributed by atoms with van der Waals surface area (Å²) < 4.78 is 0. The molecule has 1 saturated heterocycles. The molecule has 3 nitrogen and oxygen atoms in total. The molecule has 0 aromatic carbocycles. The van der Waals surface area contributed by atoms with Crippen LogP contribution in [0.1, 0.15) is 33.1 Å². The van der Waals surface area contributed by atoms with Gasteiger partial charge in [-0.1, -0.05) is 20.3 Å². The average molecular weight is 226 g/mol. The van der Waals surface area contributed by atoms with Crippen molar-refractivity contribution in [2.75, 3.05) is 33.7 Å². The zero-order valence-corrected chi connectivity index (χ0v) is 11.2. The van der Waals surface area contributed by atoms with E-state index in [1.54, 1.807) is 0 Å². The van der Waals surface area contributed by atoms with E-state index < -0.39 is 0 Å². The molecule has 2 atom stereocenters. The van der Waals surface area contributed by atoms with Gasteiger partial charge in [0.05, 0.1) is 0 Å². The van der Waals surface area contributed by atoms with Crippen LogP contribution >= 0.6 is 0 Å². The molecule has 0 amide bonds. The molecule has 0 radical (unpaired) electrons. The number of ketones is 1. The quantitative estimate of drug-likeness (QED) is 0.712. The first-order chi connectivity index (χ1) is 7.54. The van der Waals surface area contributed by atoms with Crippen molar-refractivity contribution in [3.05, 3.63) is 0 Å². The molecule has 0 bridgehead atoms. The Morgan fingerprint density at radius 1 is 1.38 bits per heavy atom. The highest BCUT2D eigenvalue weighted by atomic mass is 16.1. The van der Waals surface area contributed by atoms with Crippen LogP contribution in [0.25, 0.3) is 0 Å². The Hall–Kier alpha value is -0.410. The van der Waals surface area contributed by atoms with Crippen molar-refractivity contribution in [1.29, 1.82) is 0 Å². The summed E-state index contributed by atoms with van der Waals surface area (Å²) in [6.07, 6.45) is 2.86. The number of hydrogen-bond donors (Lipinski definition) is 0. The lowest BCUT2D eigenvalue weighted by Crippen LogP contribution is -2.50. The third-order valence-corrected chi connectivity index (χ3v) is 3.69. The van der Waals surface area contributed by atoms with E-state index in [4.69, 9.17) is 0 Å². The van der Waals surface area contributed by atoms with Crippen molar-refractivity contribution in [1.82, 2.24) is 9.80 Å². The van der Waals surface area contributed by atoms with Gasteiger partial charge in [0, 0.05) is 38.0 Å². The number of rotatable bonds is 5. The molecule has 3 heteroatoms. The van der Waals surface area contributed by atoms with Gasteiger partial charge in [-0.3, -0.25) is 4.79 Å². The van der Waals surface area contributed by atoms with E-state index in [-0.39, 0.29) is 5.92 Å². The minimum absolute atomic E-state index is 0.241. The summed E-state index contributed by atoms with van der Waals surface area (Å²) in [7, 11) is 4.27. The van der Waals surface area contributed by atoms with Gasteiger partial charge in [-0.05, 0) is 20.5 Å². The van der Waals surface area contributed by atoms with E-state index >= 15 is 0 Å². The molecule has 0 saturated carbocycles. The number of piperazine rings is 1. The number of carbonyl (C=O) groups excluding carboxylic acids is 1. The summed E-state index contributed by atoms with van der Waals surface area (Å²) in [5.74, 6) is 0.680. The maximum atomic E-state index is 12.0. The fraction of sp³-hybridized carbons (Fsp3) is 0.923. The lowest BCUT2D eigenvalue weighted by molar-refractivity contribution is -0.124. The third-order valence-electron chi connectivity index (χ3n) is 3.69. The summed E-state index contributed by atoms with van der Waals surface area (Å²) in [5, 5.41) is 0. The van der Waals surface area contributed by atoms with Crippen LogP contribution in [0.2, 0.25) is 0 Å². The van der Waals surface area contributed by atoms with Crippen molar-refractivity contribution in [3.8, 4) is 0 Å². The Balaban J connectivity index is 2.42. The van der Waals surface area contributed by atoms with Crippen LogP contribution < -0.4 is 0 Å². The Labute approximate surface area is 99.8 Å². The lowest BCUT2D eigenvalue weighted by Gasteiger charge is -2.37. The fourth-order valence-electron chi connectivity index (χ4n) is 2.35.